The van der Waals surface area contributed by atoms with E-state index >= 15 is 0 Å². The molecule has 0 spiro atoms. The summed E-state index contributed by atoms with van der Waals surface area (Å²) in [6.45, 7) is 2.87. The quantitative estimate of drug-likeness (QED) is 0.529. The first-order chi connectivity index (χ1) is 11.8. The number of carbonyl (C=O) groups is 1. The molecular weight excluding hydrogens is 331 g/mol. The van der Waals surface area contributed by atoms with Crippen molar-refractivity contribution in [3.63, 3.8) is 0 Å². The minimum absolute atomic E-state index is 0.0796. The molecule has 1 heterocycles. The van der Waals surface area contributed by atoms with Crippen LogP contribution in [0.5, 0.6) is 0 Å². The number of nitrogens with one attached hydrogen (secondary N) is 2. The number of hydrogen-bond donors (Lipinski definition) is 3. The molecule has 0 aliphatic heterocycles. The van der Waals surface area contributed by atoms with E-state index < -0.39 is 17.3 Å². The summed E-state index contributed by atoms with van der Waals surface area (Å²) in [5.74, 6) is -1.26. The molecule has 25 heavy (non-hydrogen) atoms. The second kappa shape index (κ2) is 7.86. The third kappa shape index (κ3) is 4.20. The Morgan fingerprint density at radius 1 is 1.40 bits per heavy atom. The smallest absolute Gasteiger partial charge is 0.297 e. The van der Waals surface area contributed by atoms with Crippen molar-refractivity contribution in [3.8, 4) is 0 Å². The number of aromatic nitrogens is 2. The Morgan fingerprint density at radius 3 is 2.76 bits per heavy atom. The number of hydroxylamine groups is 1. The van der Waals surface area contributed by atoms with Crippen molar-refractivity contribution in [1.29, 1.82) is 0 Å². The van der Waals surface area contributed by atoms with Crippen LogP contribution in [0.4, 0.5) is 15.8 Å². The van der Waals surface area contributed by atoms with Crippen molar-refractivity contribution in [2.24, 2.45) is 7.05 Å². The van der Waals surface area contributed by atoms with Gasteiger partial charge in [0.2, 0.25) is 0 Å². The number of amides is 1. The number of aliphatic hydroxyl groups is 1. The maximum Gasteiger partial charge on any atom is 0.297 e. The van der Waals surface area contributed by atoms with E-state index in [0.717, 1.165) is 10.2 Å². The lowest BCUT2D eigenvalue weighted by Crippen LogP contribution is -2.32. The van der Waals surface area contributed by atoms with Gasteiger partial charge in [-0.05, 0) is 31.5 Å². The van der Waals surface area contributed by atoms with Gasteiger partial charge in [-0.1, -0.05) is 6.07 Å². The van der Waals surface area contributed by atoms with E-state index in [-0.39, 0.29) is 35.8 Å². The lowest BCUT2D eigenvalue weighted by Gasteiger charge is -2.15. The molecule has 0 radical (unpaired) electrons. The molecule has 0 unspecified atom stereocenters. The minimum Gasteiger partial charge on any atom is -0.394 e. The SMILES string of the molecule is Cc1ccc(Nc2c(C(=O)NOCCO)nn(C)c(=O)c2C)c(F)c1. The Hall–Kier alpha value is -2.78. The lowest BCUT2D eigenvalue weighted by atomic mass is 10.1. The van der Waals surface area contributed by atoms with Crippen LogP contribution in [0.15, 0.2) is 23.0 Å². The summed E-state index contributed by atoms with van der Waals surface area (Å²) >= 11 is 0. The highest BCUT2D eigenvalue weighted by Crippen LogP contribution is 2.24. The zero-order valence-electron chi connectivity index (χ0n) is 14.1. The fraction of sp³-hybridized carbons (Fsp3) is 0.312. The summed E-state index contributed by atoms with van der Waals surface area (Å²) < 4.78 is 15.1. The fourth-order valence-electron chi connectivity index (χ4n) is 2.15. The number of rotatable bonds is 6. The summed E-state index contributed by atoms with van der Waals surface area (Å²) in [4.78, 5) is 29.2. The Labute approximate surface area is 143 Å². The fourth-order valence-corrected chi connectivity index (χ4v) is 2.15. The molecule has 134 valence electrons. The molecule has 0 aliphatic carbocycles. The van der Waals surface area contributed by atoms with E-state index in [4.69, 9.17) is 9.94 Å². The summed E-state index contributed by atoms with van der Waals surface area (Å²) in [5, 5.41) is 15.4. The highest BCUT2D eigenvalue weighted by atomic mass is 19.1. The molecule has 8 nitrogen and oxygen atoms in total. The molecule has 9 heteroatoms. The van der Waals surface area contributed by atoms with Crippen molar-refractivity contribution < 1.29 is 19.1 Å². The number of aryl methyl sites for hydroxylation is 2. The molecular formula is C16H19FN4O4. The van der Waals surface area contributed by atoms with Crippen molar-refractivity contribution in [1.82, 2.24) is 15.3 Å². The average molecular weight is 350 g/mol. The van der Waals surface area contributed by atoms with Crippen LogP contribution in [0.2, 0.25) is 0 Å². The Balaban J connectivity index is 2.45. The third-order valence-corrected chi connectivity index (χ3v) is 3.43. The van der Waals surface area contributed by atoms with Crippen molar-refractivity contribution in [2.75, 3.05) is 18.5 Å². The molecule has 0 fully saturated rings. The van der Waals surface area contributed by atoms with Gasteiger partial charge in [0.05, 0.1) is 24.6 Å². The van der Waals surface area contributed by atoms with Gasteiger partial charge in [-0.15, -0.1) is 0 Å². The van der Waals surface area contributed by atoms with Crippen LogP contribution >= 0.6 is 0 Å². The van der Waals surface area contributed by atoms with Gasteiger partial charge in [0.1, 0.15) is 5.82 Å². The molecule has 0 bridgehead atoms. The second-order valence-corrected chi connectivity index (χ2v) is 5.39. The second-order valence-electron chi connectivity index (χ2n) is 5.39. The minimum atomic E-state index is -0.734. The molecule has 0 saturated heterocycles. The zero-order chi connectivity index (χ0) is 18.6. The first-order valence-electron chi connectivity index (χ1n) is 7.49. The van der Waals surface area contributed by atoms with E-state index in [1.165, 1.54) is 26.1 Å². The van der Waals surface area contributed by atoms with Crippen LogP contribution in [0.3, 0.4) is 0 Å². The van der Waals surface area contributed by atoms with Gasteiger partial charge in [-0.25, -0.2) is 14.6 Å². The Kier molecular flexibility index (Phi) is 5.84. The van der Waals surface area contributed by atoms with Gasteiger partial charge in [0.15, 0.2) is 5.69 Å². The maximum absolute atomic E-state index is 14.1. The van der Waals surface area contributed by atoms with E-state index in [0.29, 0.717) is 0 Å². The summed E-state index contributed by atoms with van der Waals surface area (Å²) in [5.41, 5.74) is 2.66. The summed E-state index contributed by atoms with van der Waals surface area (Å²) in [6, 6.07) is 4.53. The predicted octanol–water partition coefficient (Wildman–Crippen LogP) is 0.934. The van der Waals surface area contributed by atoms with Crippen LogP contribution in [0.25, 0.3) is 0 Å². The normalized spacial score (nSPS) is 10.6. The first-order valence-corrected chi connectivity index (χ1v) is 7.49. The highest BCUT2D eigenvalue weighted by Gasteiger charge is 2.20. The standard InChI is InChI=1S/C16H19FN4O4/c1-9-4-5-12(11(17)8-9)18-13-10(2)16(24)21(3)19-14(13)15(23)20-25-7-6-22/h4-5,8,18,22H,6-7H2,1-3H3,(H,20,23). The number of aliphatic hydroxyl groups excluding tert-OH is 1. The van der Waals surface area contributed by atoms with E-state index in [1.54, 1.807) is 13.0 Å². The van der Waals surface area contributed by atoms with Gasteiger partial charge >= 0.3 is 0 Å². The van der Waals surface area contributed by atoms with Gasteiger partial charge in [-0.2, -0.15) is 5.10 Å². The third-order valence-electron chi connectivity index (χ3n) is 3.43. The van der Waals surface area contributed by atoms with Crippen LogP contribution in [-0.2, 0) is 11.9 Å². The molecule has 3 N–H and O–H groups in total. The largest absolute Gasteiger partial charge is 0.394 e. The molecule has 1 aromatic carbocycles. The monoisotopic (exact) mass is 350 g/mol. The van der Waals surface area contributed by atoms with Gasteiger partial charge in [-0.3, -0.25) is 14.4 Å². The van der Waals surface area contributed by atoms with Crippen LogP contribution in [-0.4, -0.2) is 34.0 Å². The van der Waals surface area contributed by atoms with Crippen molar-refractivity contribution in [3.05, 3.63) is 51.2 Å². The number of halogens is 1. The number of carbonyl (C=O) groups excluding carboxylic acids is 1. The molecule has 0 saturated carbocycles. The van der Waals surface area contributed by atoms with Gasteiger partial charge in [0.25, 0.3) is 11.5 Å². The molecule has 1 aromatic heterocycles. The molecule has 2 rings (SSSR count). The van der Waals surface area contributed by atoms with Gasteiger partial charge in [0, 0.05) is 12.6 Å². The maximum atomic E-state index is 14.1. The van der Waals surface area contributed by atoms with Crippen molar-refractivity contribution >= 4 is 17.3 Å². The summed E-state index contributed by atoms with van der Waals surface area (Å²) in [6.07, 6.45) is 0. The Bertz CT molecular complexity index is 851. The van der Waals surface area contributed by atoms with E-state index in [9.17, 15) is 14.0 Å². The Morgan fingerprint density at radius 2 is 2.12 bits per heavy atom. The van der Waals surface area contributed by atoms with Gasteiger partial charge < -0.3 is 10.4 Å². The zero-order valence-corrected chi connectivity index (χ0v) is 14.1. The topological polar surface area (TPSA) is 105 Å². The van der Waals surface area contributed by atoms with E-state index in [2.05, 4.69) is 15.9 Å². The molecule has 0 atom stereocenters. The van der Waals surface area contributed by atoms with Crippen LogP contribution in [0.1, 0.15) is 21.6 Å². The number of anilines is 2. The first kappa shape index (κ1) is 18.6. The molecule has 2 aromatic rings. The predicted molar refractivity (Wildman–Crippen MR) is 89.1 cm³/mol. The molecule has 0 aliphatic rings. The van der Waals surface area contributed by atoms with E-state index in [1.807, 2.05) is 0 Å². The van der Waals surface area contributed by atoms with Crippen LogP contribution < -0.4 is 16.4 Å². The number of hydrogen-bond acceptors (Lipinski definition) is 6. The average Bonchev–Trinajstić information content (AvgIpc) is 2.57. The lowest BCUT2D eigenvalue weighted by molar-refractivity contribution is 0.0164. The molecule has 1 amide bonds. The summed E-state index contributed by atoms with van der Waals surface area (Å²) in [7, 11) is 1.40. The number of benzene rings is 1. The van der Waals surface area contributed by atoms with Crippen LogP contribution in [0, 0.1) is 19.7 Å². The number of nitrogens with zero attached hydrogens (tertiary/aromatic N) is 2. The highest BCUT2D eigenvalue weighted by molar-refractivity contribution is 5.98. The van der Waals surface area contributed by atoms with Crippen molar-refractivity contribution in [2.45, 2.75) is 13.8 Å².